The summed E-state index contributed by atoms with van der Waals surface area (Å²) in [5, 5.41) is 4.79. The third-order valence-electron chi connectivity index (χ3n) is 18.0. The standard InChI is InChI=1S/C80H60N2/c1-53-25-17-21-37-73(53)81(74-38-22-18-26-54(74)2)65-43-41-57-49-69-67-45-46-68-70-50-58-42-44-66(82(75-39-23-19-27-55(75)3)76-40-24-20-28-56(76)4)48-60(58)52-72(70)80(63-33-13-7-14-34-63,64-35-15-8-16-36-64)78(68)77(67)79(61-29-9-5-10-30-61,62-31-11-6-12-32-62)71(69)51-59(57)47-65/h5-52H,1-4H3. The van der Waals surface area contributed by atoms with Crippen LogP contribution in [-0.2, 0) is 10.8 Å². The van der Waals surface area contributed by atoms with Gasteiger partial charge in [0.05, 0.1) is 10.8 Å². The highest BCUT2D eigenvalue weighted by Crippen LogP contribution is 2.66. The van der Waals surface area contributed by atoms with Gasteiger partial charge in [-0.3, -0.25) is 0 Å². The second-order valence-corrected chi connectivity index (χ2v) is 22.6. The second kappa shape index (κ2) is 19.4. The van der Waals surface area contributed by atoms with Crippen LogP contribution in [0.1, 0.15) is 66.8 Å². The molecule has 0 radical (unpaired) electrons. The average Bonchev–Trinajstić information content (AvgIpc) is 1.57. The lowest BCUT2D eigenvalue weighted by atomic mass is 9.60. The van der Waals surface area contributed by atoms with Crippen LogP contribution in [0.5, 0.6) is 0 Å². The Morgan fingerprint density at radius 1 is 0.232 bits per heavy atom. The van der Waals surface area contributed by atoms with E-state index in [-0.39, 0.29) is 0 Å². The Kier molecular flexibility index (Phi) is 11.6. The number of benzene rings is 13. The van der Waals surface area contributed by atoms with Crippen molar-refractivity contribution in [1.29, 1.82) is 0 Å². The molecule has 0 saturated carbocycles. The minimum atomic E-state index is -0.751. The van der Waals surface area contributed by atoms with Gasteiger partial charge < -0.3 is 9.80 Å². The fraction of sp³-hybridized carbons (Fsp3) is 0.0750. The molecule has 2 aliphatic carbocycles. The molecule has 0 N–H and O–H groups in total. The average molecular weight is 1050 g/mol. The van der Waals surface area contributed by atoms with Gasteiger partial charge in [-0.2, -0.15) is 0 Å². The van der Waals surface area contributed by atoms with Gasteiger partial charge in [-0.1, -0.05) is 218 Å². The number of aryl methyl sites for hydroxylation is 4. The number of rotatable bonds is 10. The van der Waals surface area contributed by atoms with Crippen molar-refractivity contribution >= 4 is 55.7 Å². The van der Waals surface area contributed by atoms with Crippen molar-refractivity contribution < 1.29 is 0 Å². The van der Waals surface area contributed by atoms with Gasteiger partial charge >= 0.3 is 0 Å². The van der Waals surface area contributed by atoms with E-state index in [9.17, 15) is 0 Å². The van der Waals surface area contributed by atoms with Gasteiger partial charge in [-0.25, -0.2) is 0 Å². The number of fused-ring (bicyclic) bond motifs is 9. The molecule has 2 nitrogen and oxygen atoms in total. The molecule has 0 bridgehead atoms. The van der Waals surface area contributed by atoms with Gasteiger partial charge in [0, 0.05) is 34.1 Å². The molecule has 2 heteroatoms. The van der Waals surface area contributed by atoms with Gasteiger partial charge in [0.1, 0.15) is 0 Å². The molecule has 0 saturated heterocycles. The summed E-state index contributed by atoms with van der Waals surface area (Å²) in [6.45, 7) is 8.87. The molecule has 2 aliphatic rings. The Labute approximate surface area is 481 Å². The summed E-state index contributed by atoms with van der Waals surface area (Å²) in [5.41, 5.74) is 25.5. The van der Waals surface area contributed by atoms with Gasteiger partial charge in [0.25, 0.3) is 0 Å². The van der Waals surface area contributed by atoms with Crippen LogP contribution in [0.25, 0.3) is 43.8 Å². The van der Waals surface area contributed by atoms with Crippen molar-refractivity contribution in [3.63, 3.8) is 0 Å². The summed E-state index contributed by atoms with van der Waals surface area (Å²) in [4.78, 5) is 4.89. The van der Waals surface area contributed by atoms with Crippen molar-refractivity contribution in [2.75, 3.05) is 9.80 Å². The van der Waals surface area contributed by atoms with Crippen LogP contribution >= 0.6 is 0 Å². The van der Waals surface area contributed by atoms with E-state index in [2.05, 4.69) is 329 Å². The van der Waals surface area contributed by atoms with Crippen LogP contribution in [0.15, 0.2) is 291 Å². The third-order valence-corrected chi connectivity index (χ3v) is 18.0. The summed E-state index contributed by atoms with van der Waals surface area (Å²) in [6, 6.07) is 110. The number of nitrogens with zero attached hydrogens (tertiary/aromatic N) is 2. The molecule has 0 spiro atoms. The van der Waals surface area contributed by atoms with E-state index in [1.807, 2.05) is 0 Å². The van der Waals surface area contributed by atoms with Crippen molar-refractivity contribution in [3.8, 4) is 22.3 Å². The highest BCUT2D eigenvalue weighted by Gasteiger charge is 2.55. The quantitative estimate of drug-likeness (QED) is 0.135. The van der Waals surface area contributed by atoms with Crippen LogP contribution in [0.2, 0.25) is 0 Å². The molecule has 0 amide bonds. The zero-order chi connectivity index (χ0) is 55.1. The topological polar surface area (TPSA) is 6.48 Å². The first kappa shape index (κ1) is 49.1. The summed E-state index contributed by atoms with van der Waals surface area (Å²) >= 11 is 0. The van der Waals surface area contributed by atoms with Crippen molar-refractivity contribution in [2.24, 2.45) is 0 Å². The van der Waals surface area contributed by atoms with Crippen LogP contribution in [0.3, 0.4) is 0 Å². The molecule has 15 rings (SSSR count). The minimum absolute atomic E-state index is 0.751. The van der Waals surface area contributed by atoms with E-state index in [0.717, 1.165) is 11.4 Å². The molecule has 390 valence electrons. The zero-order valence-corrected chi connectivity index (χ0v) is 46.6. The molecule has 0 aromatic heterocycles. The van der Waals surface area contributed by atoms with Crippen molar-refractivity contribution in [2.45, 2.75) is 38.5 Å². The smallest absolute Gasteiger partial charge is 0.0717 e. The van der Waals surface area contributed by atoms with Crippen LogP contribution in [0.4, 0.5) is 34.1 Å². The lowest BCUT2D eigenvalue weighted by Gasteiger charge is -2.41. The fourth-order valence-corrected chi connectivity index (χ4v) is 14.4. The maximum Gasteiger partial charge on any atom is 0.0717 e. The molecule has 82 heavy (non-hydrogen) atoms. The maximum absolute atomic E-state index is 2.55. The first-order valence-corrected chi connectivity index (χ1v) is 28.7. The Morgan fingerprint density at radius 2 is 0.512 bits per heavy atom. The van der Waals surface area contributed by atoms with E-state index in [1.165, 1.54) is 133 Å². The van der Waals surface area contributed by atoms with E-state index in [4.69, 9.17) is 0 Å². The molecule has 13 aromatic rings. The summed E-state index contributed by atoms with van der Waals surface area (Å²) in [7, 11) is 0. The van der Waals surface area contributed by atoms with Crippen LogP contribution in [-0.4, -0.2) is 0 Å². The van der Waals surface area contributed by atoms with E-state index < -0.39 is 10.8 Å². The van der Waals surface area contributed by atoms with Gasteiger partial charge in [0.2, 0.25) is 0 Å². The fourth-order valence-electron chi connectivity index (χ4n) is 14.4. The minimum Gasteiger partial charge on any atom is -0.310 e. The predicted octanol–water partition coefficient (Wildman–Crippen LogP) is 20.9. The maximum atomic E-state index is 2.55. The second-order valence-electron chi connectivity index (χ2n) is 22.6. The largest absolute Gasteiger partial charge is 0.310 e. The number of hydrogen-bond acceptors (Lipinski definition) is 2. The summed E-state index contributed by atoms with van der Waals surface area (Å²) in [5.74, 6) is 0. The predicted molar refractivity (Wildman–Crippen MR) is 344 cm³/mol. The highest BCUT2D eigenvalue weighted by atomic mass is 15.2. The number of anilines is 6. The molecule has 13 aromatic carbocycles. The molecular formula is C80H60N2. The Morgan fingerprint density at radius 3 is 0.805 bits per heavy atom. The lowest BCUT2D eigenvalue weighted by molar-refractivity contribution is 0.705. The summed E-state index contributed by atoms with van der Waals surface area (Å²) < 4.78 is 0. The molecule has 0 unspecified atom stereocenters. The molecule has 0 heterocycles. The van der Waals surface area contributed by atoms with Gasteiger partial charge in [-0.15, -0.1) is 0 Å². The van der Waals surface area contributed by atoms with Crippen LogP contribution in [0, 0.1) is 27.7 Å². The van der Waals surface area contributed by atoms with E-state index in [0.29, 0.717) is 0 Å². The Hall–Kier alpha value is -10.0. The highest BCUT2D eigenvalue weighted by molar-refractivity contribution is 6.04. The zero-order valence-electron chi connectivity index (χ0n) is 46.6. The third kappa shape index (κ3) is 7.34. The van der Waals surface area contributed by atoms with Crippen LogP contribution < -0.4 is 9.80 Å². The molecule has 0 aliphatic heterocycles. The van der Waals surface area contributed by atoms with Crippen molar-refractivity contribution in [3.05, 3.63) is 358 Å². The van der Waals surface area contributed by atoms with E-state index >= 15 is 0 Å². The van der Waals surface area contributed by atoms with Gasteiger partial charge in [-0.05, 0) is 211 Å². The molecular weight excluding hydrogens is 989 g/mol. The lowest BCUT2D eigenvalue weighted by Crippen LogP contribution is -2.35. The normalized spacial score (nSPS) is 13.3. The monoisotopic (exact) mass is 1050 g/mol. The molecule has 0 atom stereocenters. The first-order valence-electron chi connectivity index (χ1n) is 28.7. The summed E-state index contributed by atoms with van der Waals surface area (Å²) in [6.07, 6.45) is 0. The molecule has 0 fully saturated rings. The van der Waals surface area contributed by atoms with Crippen molar-refractivity contribution in [1.82, 2.24) is 0 Å². The Balaban J connectivity index is 1.04. The SMILES string of the molecule is Cc1ccccc1N(c1ccc2cc3c(cc2c1)C(c1ccccc1)(c1ccccc1)c1c-3ccc2c1C(c1ccccc1)(c1ccccc1)c1cc3cc(N(c4ccccc4C)c4ccccc4C)ccc3cc1-2)c1ccccc1C. The number of hydrogen-bond donors (Lipinski definition) is 0. The van der Waals surface area contributed by atoms with Gasteiger partial charge in [0.15, 0.2) is 0 Å². The first-order chi connectivity index (χ1) is 40.3. The Bertz CT molecular complexity index is 4150. The number of para-hydroxylation sites is 4. The van der Waals surface area contributed by atoms with E-state index in [1.54, 1.807) is 0 Å².